The quantitative estimate of drug-likeness (QED) is 0.442. The van der Waals surface area contributed by atoms with Gasteiger partial charge in [-0.05, 0) is 24.1 Å². The van der Waals surface area contributed by atoms with Gasteiger partial charge in [-0.3, -0.25) is 4.79 Å². The third-order valence-corrected chi connectivity index (χ3v) is 2.71. The molecule has 0 saturated heterocycles. The maximum atomic E-state index is 11.7. The number of benzene rings is 1. The first kappa shape index (κ1) is 15.9. The molecule has 0 bridgehead atoms. The van der Waals surface area contributed by atoms with Crippen molar-refractivity contribution in [1.29, 1.82) is 5.26 Å². The number of amides is 1. The van der Waals surface area contributed by atoms with Crippen molar-refractivity contribution < 1.29 is 4.79 Å². The Morgan fingerprint density at radius 2 is 2.25 bits per heavy atom. The molecule has 0 aliphatic rings. The van der Waals surface area contributed by atoms with Crippen molar-refractivity contribution in [2.24, 2.45) is 5.92 Å². The van der Waals surface area contributed by atoms with Crippen LogP contribution in [0.5, 0.6) is 0 Å². The lowest BCUT2D eigenvalue weighted by molar-refractivity contribution is -0.117. The number of anilines is 2. The SMILES string of the molecule is CC(C)CNC(=O)/C(C#N)=C\Nc1ccc(N)cc1Cl. The van der Waals surface area contributed by atoms with Crippen LogP contribution in [0.25, 0.3) is 0 Å². The third-order valence-electron chi connectivity index (χ3n) is 2.40. The summed E-state index contributed by atoms with van der Waals surface area (Å²) >= 11 is 5.98. The van der Waals surface area contributed by atoms with Gasteiger partial charge in [0, 0.05) is 18.4 Å². The van der Waals surface area contributed by atoms with Crippen LogP contribution in [0.15, 0.2) is 30.0 Å². The molecule has 0 aliphatic heterocycles. The van der Waals surface area contributed by atoms with Gasteiger partial charge < -0.3 is 16.4 Å². The fourth-order valence-electron chi connectivity index (χ4n) is 1.34. The standard InChI is InChI=1S/C14H17ClN4O/c1-9(2)7-19-14(20)10(6-16)8-18-13-4-3-11(17)5-12(13)15/h3-5,8-9,18H,7,17H2,1-2H3,(H,19,20)/b10-8-. The summed E-state index contributed by atoms with van der Waals surface area (Å²) in [4.78, 5) is 11.7. The van der Waals surface area contributed by atoms with E-state index < -0.39 is 5.91 Å². The number of nitrogen functional groups attached to an aromatic ring is 1. The second kappa shape index (κ2) is 7.41. The fourth-order valence-corrected chi connectivity index (χ4v) is 1.58. The van der Waals surface area contributed by atoms with Gasteiger partial charge >= 0.3 is 0 Å². The first-order valence-electron chi connectivity index (χ1n) is 6.14. The normalized spacial score (nSPS) is 11.1. The minimum atomic E-state index is -0.416. The zero-order chi connectivity index (χ0) is 15.1. The predicted molar refractivity (Wildman–Crippen MR) is 81.0 cm³/mol. The Kier molecular flexibility index (Phi) is 5.88. The van der Waals surface area contributed by atoms with Crippen molar-refractivity contribution in [3.8, 4) is 6.07 Å². The molecule has 6 heteroatoms. The summed E-state index contributed by atoms with van der Waals surface area (Å²) in [6, 6.07) is 6.78. The molecule has 0 unspecified atom stereocenters. The lowest BCUT2D eigenvalue weighted by atomic mass is 10.2. The summed E-state index contributed by atoms with van der Waals surface area (Å²) in [7, 11) is 0. The average Bonchev–Trinajstić information content (AvgIpc) is 2.39. The number of nitrogens with one attached hydrogen (secondary N) is 2. The number of hydrogen-bond acceptors (Lipinski definition) is 4. The lowest BCUT2D eigenvalue weighted by Crippen LogP contribution is -2.28. The van der Waals surface area contributed by atoms with Crippen LogP contribution in [0.3, 0.4) is 0 Å². The molecule has 0 aliphatic carbocycles. The maximum absolute atomic E-state index is 11.7. The van der Waals surface area contributed by atoms with E-state index in [1.807, 2.05) is 19.9 Å². The van der Waals surface area contributed by atoms with Gasteiger partial charge in [-0.25, -0.2) is 0 Å². The molecule has 106 valence electrons. The average molecular weight is 293 g/mol. The lowest BCUT2D eigenvalue weighted by Gasteiger charge is -2.08. The Balaban J connectivity index is 2.75. The molecule has 1 amide bonds. The summed E-state index contributed by atoms with van der Waals surface area (Å²) < 4.78 is 0. The second-order valence-electron chi connectivity index (χ2n) is 4.66. The molecule has 1 aromatic carbocycles. The van der Waals surface area contributed by atoms with E-state index in [0.29, 0.717) is 28.9 Å². The van der Waals surface area contributed by atoms with Crippen LogP contribution in [0.2, 0.25) is 5.02 Å². The monoisotopic (exact) mass is 292 g/mol. The van der Waals surface area contributed by atoms with E-state index in [-0.39, 0.29) is 5.57 Å². The number of nitrogens with two attached hydrogens (primary N) is 1. The fraction of sp³-hybridized carbons (Fsp3) is 0.286. The second-order valence-corrected chi connectivity index (χ2v) is 5.06. The molecule has 0 saturated carbocycles. The van der Waals surface area contributed by atoms with Gasteiger partial charge in [0.25, 0.3) is 5.91 Å². The molecule has 0 spiro atoms. The highest BCUT2D eigenvalue weighted by Gasteiger charge is 2.09. The van der Waals surface area contributed by atoms with E-state index in [2.05, 4.69) is 10.6 Å². The summed E-state index contributed by atoms with van der Waals surface area (Å²) in [5.74, 6) is -0.0985. The highest BCUT2D eigenvalue weighted by molar-refractivity contribution is 6.33. The molecule has 0 heterocycles. The van der Waals surface area contributed by atoms with Crippen LogP contribution in [-0.2, 0) is 4.79 Å². The number of carbonyl (C=O) groups excluding carboxylic acids is 1. The Labute approximate surface area is 123 Å². The third kappa shape index (κ3) is 4.82. The zero-order valence-electron chi connectivity index (χ0n) is 11.4. The van der Waals surface area contributed by atoms with Crippen molar-refractivity contribution in [3.05, 3.63) is 35.0 Å². The highest BCUT2D eigenvalue weighted by Crippen LogP contribution is 2.24. The van der Waals surface area contributed by atoms with Gasteiger partial charge in [-0.2, -0.15) is 5.26 Å². The largest absolute Gasteiger partial charge is 0.399 e. The number of nitriles is 1. The van der Waals surface area contributed by atoms with Crippen molar-refractivity contribution in [3.63, 3.8) is 0 Å². The molecule has 0 atom stereocenters. The van der Waals surface area contributed by atoms with E-state index in [4.69, 9.17) is 22.6 Å². The van der Waals surface area contributed by atoms with Gasteiger partial charge in [-0.1, -0.05) is 25.4 Å². The summed E-state index contributed by atoms with van der Waals surface area (Å²) in [5.41, 5.74) is 6.68. The van der Waals surface area contributed by atoms with Crippen LogP contribution in [0.4, 0.5) is 11.4 Å². The van der Waals surface area contributed by atoms with E-state index in [1.165, 1.54) is 6.20 Å². The van der Waals surface area contributed by atoms with E-state index in [0.717, 1.165) is 0 Å². The number of hydrogen-bond donors (Lipinski definition) is 3. The smallest absolute Gasteiger partial charge is 0.263 e. The Hall–Kier alpha value is -2.19. The molecular formula is C14H17ClN4O. The molecule has 4 N–H and O–H groups in total. The highest BCUT2D eigenvalue weighted by atomic mass is 35.5. The van der Waals surface area contributed by atoms with Crippen molar-refractivity contribution in [2.45, 2.75) is 13.8 Å². The number of carbonyl (C=O) groups is 1. The van der Waals surface area contributed by atoms with Crippen molar-refractivity contribution in [2.75, 3.05) is 17.6 Å². The van der Waals surface area contributed by atoms with Crippen molar-refractivity contribution >= 4 is 28.9 Å². The number of halogens is 1. The first-order valence-corrected chi connectivity index (χ1v) is 6.52. The first-order chi connectivity index (χ1) is 9.43. The summed E-state index contributed by atoms with van der Waals surface area (Å²) in [6.07, 6.45) is 1.33. The Morgan fingerprint density at radius 1 is 1.55 bits per heavy atom. The van der Waals surface area contributed by atoms with Gasteiger partial charge in [0.2, 0.25) is 0 Å². The van der Waals surface area contributed by atoms with E-state index >= 15 is 0 Å². The molecule has 1 rings (SSSR count). The zero-order valence-corrected chi connectivity index (χ0v) is 12.2. The number of nitrogens with zero attached hydrogens (tertiary/aromatic N) is 1. The maximum Gasteiger partial charge on any atom is 0.263 e. The predicted octanol–water partition coefficient (Wildman–Crippen LogP) is 2.51. The van der Waals surface area contributed by atoms with Gasteiger partial charge in [-0.15, -0.1) is 0 Å². The topological polar surface area (TPSA) is 90.9 Å². The minimum absolute atomic E-state index is 0.0152. The molecule has 20 heavy (non-hydrogen) atoms. The Bertz CT molecular complexity index is 561. The summed E-state index contributed by atoms with van der Waals surface area (Å²) in [5, 5.41) is 14.9. The van der Waals surface area contributed by atoms with Gasteiger partial charge in [0.1, 0.15) is 11.6 Å². The van der Waals surface area contributed by atoms with Crippen LogP contribution < -0.4 is 16.4 Å². The van der Waals surface area contributed by atoms with Crippen LogP contribution in [-0.4, -0.2) is 12.5 Å². The minimum Gasteiger partial charge on any atom is -0.399 e. The molecule has 5 nitrogen and oxygen atoms in total. The van der Waals surface area contributed by atoms with E-state index in [1.54, 1.807) is 18.2 Å². The molecular weight excluding hydrogens is 276 g/mol. The van der Waals surface area contributed by atoms with Crippen molar-refractivity contribution in [1.82, 2.24) is 5.32 Å². The van der Waals surface area contributed by atoms with E-state index in [9.17, 15) is 4.79 Å². The summed E-state index contributed by atoms with van der Waals surface area (Å²) in [6.45, 7) is 4.46. The molecule has 1 aromatic rings. The number of rotatable bonds is 5. The molecule has 0 radical (unpaired) electrons. The van der Waals surface area contributed by atoms with Crippen LogP contribution in [0, 0.1) is 17.2 Å². The Morgan fingerprint density at radius 3 is 2.80 bits per heavy atom. The molecule has 0 fully saturated rings. The van der Waals surface area contributed by atoms with Gasteiger partial charge in [0.15, 0.2) is 0 Å². The van der Waals surface area contributed by atoms with Crippen LogP contribution in [0.1, 0.15) is 13.8 Å². The molecule has 0 aromatic heterocycles. The van der Waals surface area contributed by atoms with Crippen LogP contribution >= 0.6 is 11.6 Å². The van der Waals surface area contributed by atoms with Gasteiger partial charge in [0.05, 0.1) is 10.7 Å².